The average Bonchev–Trinajstić information content (AvgIpc) is 3.54. The predicted molar refractivity (Wildman–Crippen MR) is 114 cm³/mol. The van der Waals surface area contributed by atoms with Gasteiger partial charge in [0.15, 0.2) is 0 Å². The van der Waals surface area contributed by atoms with Crippen molar-refractivity contribution in [2.45, 2.75) is 52.1 Å². The number of amides is 1. The highest BCUT2D eigenvalue weighted by molar-refractivity contribution is 5.79. The number of piperidine rings is 1. The largest absolute Gasteiger partial charge is 0.356 e. The van der Waals surface area contributed by atoms with E-state index in [-0.39, 0.29) is 11.8 Å². The maximum atomic E-state index is 12.7. The molecule has 0 aromatic heterocycles. The van der Waals surface area contributed by atoms with Gasteiger partial charge >= 0.3 is 0 Å². The minimum absolute atomic E-state index is 0.102. The molecule has 1 heterocycles. The molecule has 0 spiro atoms. The maximum absolute atomic E-state index is 12.7. The number of likely N-dealkylation sites (tertiary alicyclic amines) is 1. The Kier molecular flexibility index (Phi) is 5.82. The molecule has 2 aromatic carbocycles. The molecule has 1 aliphatic carbocycles. The number of aryl methyl sites for hydroxylation is 2. The molecule has 2 atom stereocenters. The van der Waals surface area contributed by atoms with Crippen molar-refractivity contribution in [1.82, 2.24) is 10.2 Å². The van der Waals surface area contributed by atoms with Gasteiger partial charge in [0.05, 0.1) is 5.92 Å². The van der Waals surface area contributed by atoms with Crippen molar-refractivity contribution < 1.29 is 4.79 Å². The lowest BCUT2D eigenvalue weighted by atomic mass is 9.88. The highest BCUT2D eigenvalue weighted by Gasteiger charge is 2.33. The Hall–Kier alpha value is -2.13. The van der Waals surface area contributed by atoms with Crippen LogP contribution in [0, 0.1) is 25.7 Å². The number of carbonyl (C=O) groups excluding carboxylic acids is 1. The van der Waals surface area contributed by atoms with E-state index in [0.717, 1.165) is 38.4 Å². The van der Waals surface area contributed by atoms with Crippen LogP contribution in [0.5, 0.6) is 0 Å². The molecule has 2 fully saturated rings. The number of hydrogen-bond acceptors (Lipinski definition) is 2. The molecule has 2 aliphatic rings. The first-order valence-corrected chi connectivity index (χ1v) is 10.7. The summed E-state index contributed by atoms with van der Waals surface area (Å²) in [7, 11) is 0. The molecule has 0 bridgehead atoms. The monoisotopic (exact) mass is 376 g/mol. The zero-order chi connectivity index (χ0) is 19.5. The van der Waals surface area contributed by atoms with E-state index in [9.17, 15) is 4.79 Å². The summed E-state index contributed by atoms with van der Waals surface area (Å²) in [5.41, 5.74) is 5.37. The van der Waals surface area contributed by atoms with Crippen molar-refractivity contribution in [2.24, 2.45) is 11.8 Å². The second-order valence-electron chi connectivity index (χ2n) is 8.74. The van der Waals surface area contributed by atoms with Gasteiger partial charge in [-0.25, -0.2) is 0 Å². The number of benzene rings is 2. The number of hydrogen-bond donors (Lipinski definition) is 1. The van der Waals surface area contributed by atoms with Crippen LogP contribution in [0.3, 0.4) is 0 Å². The van der Waals surface area contributed by atoms with Gasteiger partial charge in [-0.05, 0) is 67.7 Å². The van der Waals surface area contributed by atoms with Crippen molar-refractivity contribution in [3.63, 3.8) is 0 Å². The van der Waals surface area contributed by atoms with Crippen molar-refractivity contribution in [3.05, 3.63) is 70.8 Å². The third-order valence-corrected chi connectivity index (χ3v) is 6.46. The van der Waals surface area contributed by atoms with E-state index in [0.29, 0.717) is 6.04 Å². The van der Waals surface area contributed by atoms with Crippen LogP contribution >= 0.6 is 0 Å². The first-order valence-electron chi connectivity index (χ1n) is 10.7. The fourth-order valence-electron chi connectivity index (χ4n) is 4.33. The van der Waals surface area contributed by atoms with Crippen LogP contribution in [-0.2, 0) is 11.3 Å². The van der Waals surface area contributed by atoms with Gasteiger partial charge in [0.2, 0.25) is 5.91 Å². The summed E-state index contributed by atoms with van der Waals surface area (Å²) < 4.78 is 0. The van der Waals surface area contributed by atoms with Crippen LogP contribution < -0.4 is 5.32 Å². The van der Waals surface area contributed by atoms with E-state index < -0.39 is 0 Å². The van der Waals surface area contributed by atoms with Gasteiger partial charge < -0.3 is 5.32 Å². The Balaban J connectivity index is 1.50. The third kappa shape index (κ3) is 4.64. The van der Waals surface area contributed by atoms with E-state index in [2.05, 4.69) is 72.6 Å². The molecule has 2 unspecified atom stereocenters. The Labute approximate surface area is 169 Å². The second kappa shape index (κ2) is 8.48. The predicted octanol–water partition coefficient (Wildman–Crippen LogP) is 4.78. The highest BCUT2D eigenvalue weighted by Crippen LogP contribution is 2.35. The summed E-state index contributed by atoms with van der Waals surface area (Å²) in [6, 6.07) is 17.9. The molecule has 4 rings (SSSR count). The van der Waals surface area contributed by atoms with Crippen LogP contribution in [0.1, 0.15) is 54.0 Å². The van der Waals surface area contributed by atoms with E-state index in [1.54, 1.807) is 0 Å². The minimum atomic E-state index is 0.102. The van der Waals surface area contributed by atoms with E-state index in [1.807, 2.05) is 0 Å². The van der Waals surface area contributed by atoms with Gasteiger partial charge in [-0.3, -0.25) is 9.69 Å². The standard InChI is InChI=1S/C25H32N2O/c1-18-8-9-21(14-19(18)2)16-27-17-23(25(28)26-15-20-10-11-20)12-13-24(27)22-6-4-3-5-7-22/h3-9,14,20,23-24H,10-13,15-17H2,1-2H3,(H,26,28). The van der Waals surface area contributed by atoms with Crippen molar-refractivity contribution in [1.29, 1.82) is 0 Å². The molecule has 0 radical (unpaired) electrons. The maximum Gasteiger partial charge on any atom is 0.224 e. The Morgan fingerprint density at radius 2 is 1.79 bits per heavy atom. The zero-order valence-corrected chi connectivity index (χ0v) is 17.2. The topological polar surface area (TPSA) is 32.3 Å². The fourth-order valence-corrected chi connectivity index (χ4v) is 4.33. The molecule has 1 saturated carbocycles. The molecule has 148 valence electrons. The number of rotatable bonds is 6. The van der Waals surface area contributed by atoms with Crippen LogP contribution in [0.2, 0.25) is 0 Å². The summed E-state index contributed by atoms with van der Waals surface area (Å²) in [6.45, 7) is 6.94. The van der Waals surface area contributed by atoms with Gasteiger partial charge in [0.25, 0.3) is 0 Å². The van der Waals surface area contributed by atoms with Crippen LogP contribution in [-0.4, -0.2) is 23.9 Å². The quantitative estimate of drug-likeness (QED) is 0.787. The highest BCUT2D eigenvalue weighted by atomic mass is 16.1. The summed E-state index contributed by atoms with van der Waals surface area (Å²) in [5, 5.41) is 3.20. The molecular formula is C25H32N2O. The van der Waals surface area contributed by atoms with Crippen molar-refractivity contribution in [3.8, 4) is 0 Å². The van der Waals surface area contributed by atoms with E-state index in [4.69, 9.17) is 0 Å². The zero-order valence-electron chi connectivity index (χ0n) is 17.2. The van der Waals surface area contributed by atoms with Gasteiger partial charge in [0.1, 0.15) is 0 Å². The molecule has 1 saturated heterocycles. The van der Waals surface area contributed by atoms with Gasteiger partial charge in [-0.15, -0.1) is 0 Å². The summed E-state index contributed by atoms with van der Waals surface area (Å²) >= 11 is 0. The SMILES string of the molecule is Cc1ccc(CN2CC(C(=O)NCC3CC3)CCC2c2ccccc2)cc1C. The number of nitrogens with zero attached hydrogens (tertiary/aromatic N) is 1. The average molecular weight is 377 g/mol. The Bertz CT molecular complexity index is 813. The molecule has 2 aromatic rings. The van der Waals surface area contributed by atoms with Gasteiger partial charge in [-0.2, -0.15) is 0 Å². The first kappa shape index (κ1) is 19.2. The Morgan fingerprint density at radius 1 is 1.00 bits per heavy atom. The fraction of sp³-hybridized carbons (Fsp3) is 0.480. The van der Waals surface area contributed by atoms with Gasteiger partial charge in [-0.1, -0.05) is 48.5 Å². The molecule has 1 aliphatic heterocycles. The first-order chi connectivity index (χ1) is 13.6. The Morgan fingerprint density at radius 3 is 2.50 bits per heavy atom. The smallest absolute Gasteiger partial charge is 0.224 e. The van der Waals surface area contributed by atoms with E-state index >= 15 is 0 Å². The molecule has 1 amide bonds. The molecule has 28 heavy (non-hydrogen) atoms. The summed E-state index contributed by atoms with van der Waals surface area (Å²) in [4.78, 5) is 15.3. The third-order valence-electron chi connectivity index (χ3n) is 6.46. The van der Waals surface area contributed by atoms with Crippen LogP contribution in [0.4, 0.5) is 0 Å². The molecule has 3 nitrogen and oxygen atoms in total. The summed E-state index contributed by atoms with van der Waals surface area (Å²) in [5.74, 6) is 1.09. The van der Waals surface area contributed by atoms with Crippen molar-refractivity contribution >= 4 is 5.91 Å². The summed E-state index contributed by atoms with van der Waals surface area (Å²) in [6.07, 6.45) is 4.57. The van der Waals surface area contributed by atoms with E-state index in [1.165, 1.54) is 35.1 Å². The lowest BCUT2D eigenvalue weighted by molar-refractivity contribution is -0.127. The van der Waals surface area contributed by atoms with Crippen LogP contribution in [0.25, 0.3) is 0 Å². The second-order valence-corrected chi connectivity index (χ2v) is 8.74. The molecular weight excluding hydrogens is 344 g/mol. The normalized spacial score (nSPS) is 22.8. The number of nitrogens with one attached hydrogen (secondary N) is 1. The lowest BCUT2D eigenvalue weighted by Crippen LogP contribution is -2.44. The van der Waals surface area contributed by atoms with Gasteiger partial charge in [0, 0.05) is 25.7 Å². The molecule has 1 N–H and O–H groups in total. The minimum Gasteiger partial charge on any atom is -0.356 e. The van der Waals surface area contributed by atoms with Crippen molar-refractivity contribution in [2.75, 3.05) is 13.1 Å². The molecule has 3 heteroatoms. The number of carbonyl (C=O) groups is 1. The van der Waals surface area contributed by atoms with Crippen LogP contribution in [0.15, 0.2) is 48.5 Å². The lowest BCUT2D eigenvalue weighted by Gasteiger charge is -2.39.